The van der Waals surface area contributed by atoms with Gasteiger partial charge in [-0.15, -0.1) is 0 Å². The standard InChI is InChI=1S/C10H17ClN6O3S/c1-17(2)10(18)13-3-4-15-21(19,20)7-5-8(11)9(16-12)14-6-7/h5-6,15H,3-4,12H2,1-2H3,(H,13,18)(H,14,16). The molecule has 2 amide bonds. The molecule has 9 nitrogen and oxygen atoms in total. The van der Waals surface area contributed by atoms with E-state index in [0.717, 1.165) is 6.20 Å². The van der Waals surface area contributed by atoms with E-state index in [9.17, 15) is 13.2 Å². The number of hydrogen-bond acceptors (Lipinski definition) is 6. The van der Waals surface area contributed by atoms with Crippen LogP contribution >= 0.6 is 11.6 Å². The van der Waals surface area contributed by atoms with Crippen LogP contribution in [0.3, 0.4) is 0 Å². The van der Waals surface area contributed by atoms with E-state index in [4.69, 9.17) is 17.4 Å². The molecule has 0 aromatic carbocycles. The highest BCUT2D eigenvalue weighted by Gasteiger charge is 2.16. The number of nitrogens with zero attached hydrogens (tertiary/aromatic N) is 2. The van der Waals surface area contributed by atoms with Gasteiger partial charge < -0.3 is 15.6 Å². The number of nitrogens with two attached hydrogens (primary N) is 1. The van der Waals surface area contributed by atoms with Crippen molar-refractivity contribution < 1.29 is 13.2 Å². The molecule has 11 heteroatoms. The molecule has 0 atom stereocenters. The first-order chi connectivity index (χ1) is 9.77. The quantitative estimate of drug-likeness (QED) is 0.317. The van der Waals surface area contributed by atoms with Crippen molar-refractivity contribution in [2.75, 3.05) is 32.6 Å². The van der Waals surface area contributed by atoms with Crippen LogP contribution < -0.4 is 21.3 Å². The van der Waals surface area contributed by atoms with Gasteiger partial charge in [0.25, 0.3) is 0 Å². The van der Waals surface area contributed by atoms with E-state index in [1.807, 2.05) is 0 Å². The van der Waals surface area contributed by atoms with E-state index >= 15 is 0 Å². The van der Waals surface area contributed by atoms with Crippen molar-refractivity contribution in [2.24, 2.45) is 5.84 Å². The molecule has 0 bridgehead atoms. The van der Waals surface area contributed by atoms with Crippen molar-refractivity contribution in [1.82, 2.24) is 19.9 Å². The number of urea groups is 1. The summed E-state index contributed by atoms with van der Waals surface area (Å²) < 4.78 is 26.3. The van der Waals surface area contributed by atoms with Gasteiger partial charge in [-0.25, -0.2) is 28.8 Å². The van der Waals surface area contributed by atoms with E-state index in [1.165, 1.54) is 11.0 Å². The maximum Gasteiger partial charge on any atom is 0.316 e. The second-order valence-corrected chi connectivity index (χ2v) is 6.34. The highest BCUT2D eigenvalue weighted by Crippen LogP contribution is 2.21. The van der Waals surface area contributed by atoms with Crippen LogP contribution in [0.15, 0.2) is 17.2 Å². The zero-order valence-corrected chi connectivity index (χ0v) is 13.1. The molecule has 0 spiro atoms. The zero-order valence-electron chi connectivity index (χ0n) is 11.6. The molecule has 1 aromatic heterocycles. The van der Waals surface area contributed by atoms with Gasteiger partial charge in [-0.2, -0.15) is 0 Å². The van der Waals surface area contributed by atoms with Crippen molar-refractivity contribution in [3.63, 3.8) is 0 Å². The molecule has 0 saturated carbocycles. The molecule has 21 heavy (non-hydrogen) atoms. The highest BCUT2D eigenvalue weighted by atomic mass is 35.5. The van der Waals surface area contributed by atoms with Crippen LogP contribution in [-0.4, -0.2) is 51.5 Å². The number of nitrogen functional groups attached to an aromatic ring is 1. The molecular weight excluding hydrogens is 320 g/mol. The second kappa shape index (κ2) is 7.41. The summed E-state index contributed by atoms with van der Waals surface area (Å²) in [5, 5.41) is 2.61. The summed E-state index contributed by atoms with van der Waals surface area (Å²) in [7, 11) is -0.589. The fraction of sp³-hybridized carbons (Fsp3) is 0.400. The predicted octanol–water partition coefficient (Wildman–Crippen LogP) is -0.430. The Bertz CT molecular complexity index is 607. The Morgan fingerprint density at radius 3 is 2.62 bits per heavy atom. The molecule has 0 aliphatic rings. The Balaban J connectivity index is 2.62. The molecule has 0 radical (unpaired) electrons. The van der Waals surface area contributed by atoms with Crippen molar-refractivity contribution >= 4 is 33.5 Å². The molecule has 5 N–H and O–H groups in total. The minimum absolute atomic E-state index is 0.0381. The fourth-order valence-corrected chi connectivity index (χ4v) is 2.56. The summed E-state index contributed by atoms with van der Waals surface area (Å²) in [5.41, 5.74) is 2.24. The molecule has 0 saturated heterocycles. The molecule has 0 aliphatic carbocycles. The maximum atomic E-state index is 12.0. The summed E-state index contributed by atoms with van der Waals surface area (Å²) in [5.74, 6) is 5.33. The predicted molar refractivity (Wildman–Crippen MR) is 79.3 cm³/mol. The first-order valence-corrected chi connectivity index (χ1v) is 7.71. The number of sulfonamides is 1. The largest absolute Gasteiger partial charge is 0.337 e. The van der Waals surface area contributed by atoms with Gasteiger partial charge in [-0.05, 0) is 6.07 Å². The van der Waals surface area contributed by atoms with Crippen molar-refractivity contribution in [1.29, 1.82) is 0 Å². The zero-order chi connectivity index (χ0) is 16.0. The number of hydrogen-bond donors (Lipinski definition) is 4. The molecule has 1 rings (SSSR count). The van der Waals surface area contributed by atoms with Crippen LogP contribution in [0.1, 0.15) is 0 Å². The summed E-state index contributed by atoms with van der Waals surface area (Å²) in [6.07, 6.45) is 1.13. The highest BCUT2D eigenvalue weighted by molar-refractivity contribution is 7.89. The van der Waals surface area contributed by atoms with Crippen molar-refractivity contribution in [3.05, 3.63) is 17.3 Å². The molecular formula is C10H17ClN6O3S. The molecule has 0 aliphatic heterocycles. The number of carbonyl (C=O) groups is 1. The number of carbonyl (C=O) groups excluding carboxylic acids is 1. The minimum Gasteiger partial charge on any atom is -0.337 e. The van der Waals surface area contributed by atoms with Gasteiger partial charge in [0, 0.05) is 33.4 Å². The Hall–Kier alpha value is -1.62. The third kappa shape index (κ3) is 5.01. The Kier molecular flexibility index (Phi) is 6.15. The molecule has 118 valence electrons. The van der Waals surface area contributed by atoms with Gasteiger partial charge >= 0.3 is 6.03 Å². The SMILES string of the molecule is CN(C)C(=O)NCCNS(=O)(=O)c1cnc(NN)c(Cl)c1. The normalized spacial score (nSPS) is 11.0. The first kappa shape index (κ1) is 17.4. The molecule has 1 aromatic rings. The van der Waals surface area contributed by atoms with Crippen LogP contribution in [-0.2, 0) is 10.0 Å². The number of amides is 2. The van der Waals surface area contributed by atoms with Gasteiger partial charge in [0.2, 0.25) is 10.0 Å². The maximum absolute atomic E-state index is 12.0. The third-order valence-corrected chi connectivity index (χ3v) is 4.08. The van der Waals surface area contributed by atoms with Gasteiger partial charge in [-0.3, -0.25) is 0 Å². The van der Waals surface area contributed by atoms with Crippen molar-refractivity contribution in [3.8, 4) is 0 Å². The lowest BCUT2D eigenvalue weighted by Gasteiger charge is -2.12. The number of halogens is 1. The number of nitrogens with one attached hydrogen (secondary N) is 3. The molecule has 1 heterocycles. The van der Waals surface area contributed by atoms with Gasteiger partial charge in [0.05, 0.1) is 5.02 Å². The Morgan fingerprint density at radius 1 is 1.43 bits per heavy atom. The van der Waals surface area contributed by atoms with E-state index in [-0.39, 0.29) is 34.9 Å². The monoisotopic (exact) mass is 336 g/mol. The van der Waals surface area contributed by atoms with E-state index in [2.05, 4.69) is 20.4 Å². The van der Waals surface area contributed by atoms with Crippen LogP contribution in [0.2, 0.25) is 5.02 Å². The summed E-state index contributed by atoms with van der Waals surface area (Å²) in [6, 6.07) is 0.919. The lowest BCUT2D eigenvalue weighted by atomic mass is 10.5. The fourth-order valence-electron chi connectivity index (χ4n) is 1.27. The number of hydrazine groups is 1. The Morgan fingerprint density at radius 2 is 2.10 bits per heavy atom. The summed E-state index contributed by atoms with van der Waals surface area (Å²) >= 11 is 5.81. The second-order valence-electron chi connectivity index (χ2n) is 4.17. The molecule has 0 unspecified atom stereocenters. The number of pyridine rings is 1. The van der Waals surface area contributed by atoms with Crippen LogP contribution in [0.5, 0.6) is 0 Å². The van der Waals surface area contributed by atoms with Gasteiger partial charge in [0.15, 0.2) is 5.82 Å². The molecule has 0 fully saturated rings. The topological polar surface area (TPSA) is 129 Å². The van der Waals surface area contributed by atoms with Crippen LogP contribution in [0, 0.1) is 0 Å². The minimum atomic E-state index is -3.76. The first-order valence-electron chi connectivity index (χ1n) is 5.85. The van der Waals surface area contributed by atoms with Crippen LogP contribution in [0.4, 0.5) is 10.6 Å². The Labute approximate surface area is 127 Å². The van der Waals surface area contributed by atoms with E-state index in [1.54, 1.807) is 14.1 Å². The summed E-state index contributed by atoms with van der Waals surface area (Å²) in [4.78, 5) is 16.3. The average Bonchev–Trinajstić information content (AvgIpc) is 2.43. The van der Waals surface area contributed by atoms with E-state index < -0.39 is 10.0 Å². The van der Waals surface area contributed by atoms with E-state index in [0.29, 0.717) is 0 Å². The van der Waals surface area contributed by atoms with Crippen LogP contribution in [0.25, 0.3) is 0 Å². The van der Waals surface area contributed by atoms with Crippen molar-refractivity contribution in [2.45, 2.75) is 4.90 Å². The number of anilines is 1. The van der Waals surface area contributed by atoms with Gasteiger partial charge in [0.1, 0.15) is 4.90 Å². The summed E-state index contributed by atoms with van der Waals surface area (Å²) in [6.45, 7) is 0.191. The van der Waals surface area contributed by atoms with Gasteiger partial charge in [-0.1, -0.05) is 11.6 Å². The smallest absolute Gasteiger partial charge is 0.316 e. The number of rotatable bonds is 6. The lowest BCUT2D eigenvalue weighted by Crippen LogP contribution is -2.39. The third-order valence-electron chi connectivity index (χ3n) is 2.36. The lowest BCUT2D eigenvalue weighted by molar-refractivity contribution is 0.217. The average molecular weight is 337 g/mol. The number of aromatic nitrogens is 1.